The highest BCUT2D eigenvalue weighted by Crippen LogP contribution is 2.47. The number of carbonyl (C=O) groups excluding carboxylic acids is 1. The molecular weight excluding hydrogens is 376 g/mol. The van der Waals surface area contributed by atoms with Crippen molar-refractivity contribution in [2.24, 2.45) is 5.92 Å². The lowest BCUT2D eigenvalue weighted by molar-refractivity contribution is 0.103. The summed E-state index contributed by atoms with van der Waals surface area (Å²) in [6.45, 7) is 6.25. The van der Waals surface area contributed by atoms with Crippen molar-refractivity contribution in [3.8, 4) is 11.6 Å². The third-order valence-corrected chi connectivity index (χ3v) is 6.06. The van der Waals surface area contributed by atoms with Crippen LogP contribution in [-0.2, 0) is 5.41 Å². The Bertz CT molecular complexity index is 1150. The number of rotatable bonds is 6. The van der Waals surface area contributed by atoms with Crippen LogP contribution in [-0.4, -0.2) is 25.7 Å². The summed E-state index contributed by atoms with van der Waals surface area (Å²) < 4.78 is 5.76. The maximum absolute atomic E-state index is 13.0. The minimum atomic E-state index is -0.125. The number of aryl methyl sites for hydroxylation is 1. The second-order valence-corrected chi connectivity index (χ2v) is 8.69. The van der Waals surface area contributed by atoms with Crippen LogP contribution in [0, 0.1) is 12.8 Å². The molecule has 0 bridgehead atoms. The molecule has 2 aliphatic rings. The zero-order valence-electron chi connectivity index (χ0n) is 17.4. The number of aromatic amines is 1. The van der Waals surface area contributed by atoms with E-state index in [9.17, 15) is 4.79 Å². The van der Waals surface area contributed by atoms with Gasteiger partial charge in [-0.05, 0) is 62.4 Å². The number of carbonyl (C=O) groups is 1. The number of H-pyrrole nitrogens is 1. The lowest BCUT2D eigenvalue weighted by atomic mass is 9.82. The topological polar surface area (TPSA) is 80.8 Å². The first-order chi connectivity index (χ1) is 14.4. The molecule has 0 radical (unpaired) electrons. The number of nitrogens with one attached hydrogen (secondary N) is 1. The van der Waals surface area contributed by atoms with E-state index in [4.69, 9.17) is 4.74 Å². The molecule has 2 aliphatic carbocycles. The normalized spacial score (nSPS) is 16.8. The third-order valence-electron chi connectivity index (χ3n) is 6.06. The van der Waals surface area contributed by atoms with Crippen molar-refractivity contribution in [3.05, 3.63) is 70.7 Å². The first-order valence-corrected chi connectivity index (χ1v) is 10.3. The molecule has 3 aromatic rings. The third kappa shape index (κ3) is 3.32. The van der Waals surface area contributed by atoms with Gasteiger partial charge in [-0.2, -0.15) is 0 Å². The van der Waals surface area contributed by atoms with Crippen molar-refractivity contribution in [1.29, 1.82) is 0 Å². The number of aromatic nitrogens is 4. The Labute approximate surface area is 175 Å². The van der Waals surface area contributed by atoms with E-state index >= 15 is 0 Å². The summed E-state index contributed by atoms with van der Waals surface area (Å²) in [4.78, 5) is 29.2. The zero-order chi connectivity index (χ0) is 20.9. The van der Waals surface area contributed by atoms with Crippen LogP contribution >= 0.6 is 0 Å². The Kier molecular flexibility index (Phi) is 4.31. The zero-order valence-corrected chi connectivity index (χ0v) is 17.4. The van der Waals surface area contributed by atoms with Crippen molar-refractivity contribution in [2.45, 2.75) is 45.4 Å². The number of benzene rings is 1. The average Bonchev–Trinajstić information content (AvgIpc) is 3.39. The molecule has 6 heteroatoms. The van der Waals surface area contributed by atoms with E-state index in [1.807, 2.05) is 6.92 Å². The number of ketones is 1. The van der Waals surface area contributed by atoms with E-state index in [0.717, 1.165) is 23.7 Å². The number of ether oxygens (including phenoxy) is 1. The van der Waals surface area contributed by atoms with Crippen molar-refractivity contribution in [2.75, 3.05) is 0 Å². The molecule has 1 fully saturated rings. The van der Waals surface area contributed by atoms with Crippen molar-refractivity contribution in [3.63, 3.8) is 0 Å². The summed E-state index contributed by atoms with van der Waals surface area (Å²) in [6.07, 6.45) is 9.16. The summed E-state index contributed by atoms with van der Waals surface area (Å²) >= 11 is 0. The molecule has 1 aromatic carbocycles. The van der Waals surface area contributed by atoms with Gasteiger partial charge in [-0.15, -0.1) is 0 Å². The Morgan fingerprint density at radius 1 is 1.17 bits per heavy atom. The van der Waals surface area contributed by atoms with Crippen LogP contribution in [0.5, 0.6) is 11.6 Å². The Morgan fingerprint density at radius 3 is 2.57 bits per heavy atom. The predicted octanol–water partition coefficient (Wildman–Crippen LogP) is 5.01. The first kappa shape index (κ1) is 18.7. The Balaban J connectivity index is 1.35. The molecule has 30 heavy (non-hydrogen) atoms. The van der Waals surface area contributed by atoms with Crippen molar-refractivity contribution >= 4 is 11.9 Å². The van der Waals surface area contributed by atoms with Gasteiger partial charge in [-0.1, -0.05) is 19.4 Å². The van der Waals surface area contributed by atoms with Crippen molar-refractivity contribution < 1.29 is 9.53 Å². The molecule has 1 saturated carbocycles. The number of hydrogen-bond donors (Lipinski definition) is 1. The number of allylic oxidation sites excluding steroid dienone is 1. The summed E-state index contributed by atoms with van der Waals surface area (Å²) in [5, 5.41) is 0. The van der Waals surface area contributed by atoms with Crippen LogP contribution in [0.2, 0.25) is 0 Å². The average molecular weight is 400 g/mol. The standard InChI is InChI=1S/C24H24N4O2/c1-14-23(26-11-10-25-14)30-18-8-6-16(7-9-18)20(29)22-27-19-13-17(12-15-4-5-15)24(2,3)21(19)28-22/h6-11,13,15H,4-5,12H2,1-3H3,(H,27,28). The molecule has 152 valence electrons. The molecule has 1 N–H and O–H groups in total. The molecular formula is C24H24N4O2. The molecule has 6 nitrogen and oxygen atoms in total. The van der Waals surface area contributed by atoms with E-state index in [1.165, 1.54) is 18.4 Å². The van der Waals surface area contributed by atoms with Gasteiger partial charge >= 0.3 is 0 Å². The van der Waals surface area contributed by atoms with Gasteiger partial charge in [0.15, 0.2) is 5.82 Å². The van der Waals surface area contributed by atoms with E-state index in [0.29, 0.717) is 28.7 Å². The minimum absolute atomic E-state index is 0.101. The molecule has 2 aromatic heterocycles. The molecule has 0 atom stereocenters. The van der Waals surface area contributed by atoms with Crippen LogP contribution in [0.25, 0.3) is 6.08 Å². The maximum Gasteiger partial charge on any atom is 0.240 e. The monoisotopic (exact) mass is 400 g/mol. The van der Waals surface area contributed by atoms with Crippen LogP contribution in [0.15, 0.2) is 42.2 Å². The summed E-state index contributed by atoms with van der Waals surface area (Å²) in [6, 6.07) is 7.01. The molecule has 2 heterocycles. The van der Waals surface area contributed by atoms with Gasteiger partial charge in [0.05, 0.1) is 17.1 Å². The molecule has 0 amide bonds. The number of hydrogen-bond acceptors (Lipinski definition) is 5. The van der Waals surface area contributed by atoms with Gasteiger partial charge in [0.25, 0.3) is 0 Å². The quantitative estimate of drug-likeness (QED) is 0.589. The van der Waals surface area contributed by atoms with Crippen LogP contribution in [0.1, 0.15) is 66.4 Å². The first-order valence-electron chi connectivity index (χ1n) is 10.3. The number of imidazole rings is 1. The lowest BCUT2D eigenvalue weighted by Crippen LogP contribution is -2.19. The van der Waals surface area contributed by atoms with Crippen LogP contribution < -0.4 is 4.74 Å². The predicted molar refractivity (Wildman–Crippen MR) is 114 cm³/mol. The highest BCUT2D eigenvalue weighted by atomic mass is 16.5. The van der Waals surface area contributed by atoms with Crippen molar-refractivity contribution in [1.82, 2.24) is 19.9 Å². The van der Waals surface area contributed by atoms with Gasteiger partial charge in [-0.25, -0.2) is 9.97 Å². The second-order valence-electron chi connectivity index (χ2n) is 8.69. The highest BCUT2D eigenvalue weighted by molar-refractivity contribution is 6.07. The van der Waals surface area contributed by atoms with Crippen LogP contribution in [0.3, 0.4) is 0 Å². The number of fused-ring (bicyclic) bond motifs is 1. The summed E-state index contributed by atoms with van der Waals surface area (Å²) in [7, 11) is 0. The fourth-order valence-electron chi connectivity index (χ4n) is 3.95. The maximum atomic E-state index is 13.0. The molecule has 0 saturated heterocycles. The van der Waals surface area contributed by atoms with Gasteiger partial charge in [-0.3, -0.25) is 9.78 Å². The van der Waals surface area contributed by atoms with Gasteiger partial charge in [0.2, 0.25) is 11.7 Å². The van der Waals surface area contributed by atoms with E-state index in [1.54, 1.807) is 36.7 Å². The Morgan fingerprint density at radius 2 is 1.90 bits per heavy atom. The Hall–Kier alpha value is -3.28. The van der Waals surface area contributed by atoms with E-state index in [2.05, 4.69) is 39.9 Å². The largest absolute Gasteiger partial charge is 0.437 e. The van der Waals surface area contributed by atoms with Gasteiger partial charge in [0.1, 0.15) is 5.75 Å². The second kappa shape index (κ2) is 6.90. The highest BCUT2D eigenvalue weighted by Gasteiger charge is 2.39. The minimum Gasteiger partial charge on any atom is -0.437 e. The fourth-order valence-corrected chi connectivity index (χ4v) is 3.95. The van der Waals surface area contributed by atoms with Crippen LogP contribution in [0.4, 0.5) is 0 Å². The molecule has 0 unspecified atom stereocenters. The van der Waals surface area contributed by atoms with E-state index < -0.39 is 0 Å². The molecule has 0 spiro atoms. The van der Waals surface area contributed by atoms with Gasteiger partial charge in [0, 0.05) is 23.4 Å². The molecule has 5 rings (SSSR count). The number of nitrogens with zero attached hydrogens (tertiary/aromatic N) is 3. The SMILES string of the molecule is Cc1nccnc1Oc1ccc(C(=O)c2nc3c([nH]2)C(C)(C)C(CC2CC2)=C3)cc1. The smallest absolute Gasteiger partial charge is 0.240 e. The lowest BCUT2D eigenvalue weighted by Gasteiger charge is -2.23. The fraction of sp³-hybridized carbons (Fsp3) is 0.333. The molecule has 0 aliphatic heterocycles. The summed E-state index contributed by atoms with van der Waals surface area (Å²) in [5.74, 6) is 2.14. The summed E-state index contributed by atoms with van der Waals surface area (Å²) in [5.41, 5.74) is 4.52. The van der Waals surface area contributed by atoms with Gasteiger partial charge < -0.3 is 9.72 Å². The van der Waals surface area contributed by atoms with E-state index in [-0.39, 0.29) is 11.2 Å².